The van der Waals surface area contributed by atoms with Crippen molar-refractivity contribution in [2.75, 3.05) is 13.2 Å². The molecule has 0 aliphatic heterocycles. The molecule has 0 saturated heterocycles. The fourth-order valence-electron chi connectivity index (χ4n) is 2.77. The molecular weight excluding hydrogens is 210 g/mol. The van der Waals surface area contributed by atoms with Crippen LogP contribution < -0.4 is 5.73 Å². The number of rotatable bonds is 4. The zero-order valence-electron chi connectivity index (χ0n) is 12.3. The summed E-state index contributed by atoms with van der Waals surface area (Å²) >= 11 is 0. The maximum Gasteiger partial charge on any atom is 0.0618 e. The number of hydrogen-bond donors (Lipinski definition) is 1. The molecule has 1 rings (SSSR count). The second-order valence-corrected chi connectivity index (χ2v) is 7.14. The van der Waals surface area contributed by atoms with Crippen molar-refractivity contribution in [1.29, 1.82) is 0 Å². The monoisotopic (exact) mass is 241 g/mol. The molecule has 0 spiro atoms. The quantitative estimate of drug-likeness (QED) is 0.818. The van der Waals surface area contributed by atoms with Gasteiger partial charge >= 0.3 is 0 Å². The summed E-state index contributed by atoms with van der Waals surface area (Å²) in [4.78, 5) is 0. The van der Waals surface area contributed by atoms with E-state index in [1.807, 2.05) is 0 Å². The van der Waals surface area contributed by atoms with Gasteiger partial charge in [0.15, 0.2) is 0 Å². The molecule has 0 aromatic heterocycles. The fourth-order valence-corrected chi connectivity index (χ4v) is 2.77. The van der Waals surface area contributed by atoms with E-state index in [4.69, 9.17) is 10.5 Å². The van der Waals surface area contributed by atoms with E-state index in [1.165, 1.54) is 19.3 Å². The number of hydrogen-bond acceptors (Lipinski definition) is 2. The van der Waals surface area contributed by atoms with Crippen LogP contribution in [-0.4, -0.2) is 19.3 Å². The minimum absolute atomic E-state index is 0.389. The fraction of sp³-hybridized carbons (Fsp3) is 1.00. The third-order valence-corrected chi connectivity index (χ3v) is 4.10. The molecule has 17 heavy (non-hydrogen) atoms. The van der Waals surface area contributed by atoms with Gasteiger partial charge in [0, 0.05) is 6.61 Å². The molecule has 0 aromatic rings. The van der Waals surface area contributed by atoms with E-state index < -0.39 is 0 Å². The summed E-state index contributed by atoms with van der Waals surface area (Å²) in [7, 11) is 0. The van der Waals surface area contributed by atoms with E-state index in [2.05, 4.69) is 34.6 Å². The van der Waals surface area contributed by atoms with E-state index in [9.17, 15) is 0 Å². The molecule has 2 N–H and O–H groups in total. The molecule has 0 aromatic carbocycles. The van der Waals surface area contributed by atoms with Crippen molar-refractivity contribution >= 4 is 0 Å². The molecule has 1 fully saturated rings. The summed E-state index contributed by atoms with van der Waals surface area (Å²) < 4.78 is 6.09. The first-order valence-electron chi connectivity index (χ1n) is 7.16. The molecule has 3 atom stereocenters. The molecule has 0 bridgehead atoms. The average Bonchev–Trinajstić information content (AvgIpc) is 2.24. The lowest BCUT2D eigenvalue weighted by Crippen LogP contribution is -2.40. The number of ether oxygens (including phenoxy) is 1. The molecule has 1 saturated carbocycles. The summed E-state index contributed by atoms with van der Waals surface area (Å²) in [5.41, 5.74) is 6.28. The third kappa shape index (κ3) is 4.59. The number of nitrogens with two attached hydrogens (primary N) is 1. The summed E-state index contributed by atoms with van der Waals surface area (Å²) in [6, 6.07) is 0. The molecule has 2 nitrogen and oxygen atoms in total. The molecule has 0 radical (unpaired) electrons. The van der Waals surface area contributed by atoms with Gasteiger partial charge in [0.2, 0.25) is 0 Å². The summed E-state index contributed by atoms with van der Waals surface area (Å²) in [5, 5.41) is 0. The second-order valence-electron chi connectivity index (χ2n) is 7.14. The van der Waals surface area contributed by atoms with Gasteiger partial charge in [0.25, 0.3) is 0 Å². The minimum atomic E-state index is 0.389. The van der Waals surface area contributed by atoms with Crippen molar-refractivity contribution < 1.29 is 4.74 Å². The lowest BCUT2D eigenvalue weighted by molar-refractivity contribution is -0.0492. The molecule has 3 unspecified atom stereocenters. The van der Waals surface area contributed by atoms with Crippen LogP contribution in [0.3, 0.4) is 0 Å². The van der Waals surface area contributed by atoms with Crippen molar-refractivity contribution in [2.24, 2.45) is 28.9 Å². The molecule has 2 heteroatoms. The molecule has 0 amide bonds. The van der Waals surface area contributed by atoms with E-state index in [1.54, 1.807) is 0 Å². The molecule has 0 heterocycles. The maximum absolute atomic E-state index is 6.09. The van der Waals surface area contributed by atoms with Crippen LogP contribution in [0, 0.1) is 23.2 Å². The van der Waals surface area contributed by atoms with Crippen LogP contribution in [-0.2, 0) is 4.74 Å². The SMILES string of the molecule is CC(C)COC1CC(C(C)(C)C)CCC1CN. The molecular formula is C15H31NO. The van der Waals surface area contributed by atoms with Gasteiger partial charge in [0.1, 0.15) is 0 Å². The Kier molecular flexibility index (Phi) is 5.46. The van der Waals surface area contributed by atoms with E-state index in [0.717, 1.165) is 19.1 Å². The van der Waals surface area contributed by atoms with Crippen LogP contribution in [0.25, 0.3) is 0 Å². The van der Waals surface area contributed by atoms with Gasteiger partial charge in [-0.1, -0.05) is 34.6 Å². The van der Waals surface area contributed by atoms with Crippen molar-refractivity contribution in [2.45, 2.75) is 60.0 Å². The zero-order chi connectivity index (χ0) is 13.1. The highest BCUT2D eigenvalue weighted by Gasteiger charge is 2.35. The Hall–Kier alpha value is -0.0800. The smallest absolute Gasteiger partial charge is 0.0618 e. The summed E-state index contributed by atoms with van der Waals surface area (Å²) in [6.45, 7) is 13.1. The first-order chi connectivity index (χ1) is 7.84. The first kappa shape index (κ1) is 15.0. The van der Waals surface area contributed by atoms with Crippen LogP contribution in [0.15, 0.2) is 0 Å². The van der Waals surface area contributed by atoms with Crippen LogP contribution in [0.1, 0.15) is 53.9 Å². The van der Waals surface area contributed by atoms with Gasteiger partial charge in [-0.2, -0.15) is 0 Å². The van der Waals surface area contributed by atoms with Crippen LogP contribution in [0.2, 0.25) is 0 Å². The van der Waals surface area contributed by atoms with Gasteiger partial charge < -0.3 is 10.5 Å². The zero-order valence-corrected chi connectivity index (χ0v) is 12.3. The van der Waals surface area contributed by atoms with E-state index >= 15 is 0 Å². The lowest BCUT2D eigenvalue weighted by Gasteiger charge is -2.41. The Morgan fingerprint density at radius 3 is 2.35 bits per heavy atom. The van der Waals surface area contributed by atoms with Crippen molar-refractivity contribution in [3.63, 3.8) is 0 Å². The van der Waals surface area contributed by atoms with Crippen molar-refractivity contribution in [3.8, 4) is 0 Å². The standard InChI is InChI=1S/C15H31NO/c1-11(2)10-17-14-8-13(15(3,4)5)7-6-12(14)9-16/h11-14H,6-10,16H2,1-5H3. The second kappa shape index (κ2) is 6.19. The lowest BCUT2D eigenvalue weighted by atomic mass is 9.68. The van der Waals surface area contributed by atoms with Gasteiger partial charge in [-0.05, 0) is 49.0 Å². The first-order valence-corrected chi connectivity index (χ1v) is 7.16. The van der Waals surface area contributed by atoms with Crippen LogP contribution in [0.5, 0.6) is 0 Å². The molecule has 1 aliphatic carbocycles. The predicted octanol–water partition coefficient (Wildman–Crippen LogP) is 3.45. The summed E-state index contributed by atoms with van der Waals surface area (Å²) in [6.07, 6.45) is 4.13. The van der Waals surface area contributed by atoms with Gasteiger partial charge in [0.05, 0.1) is 6.10 Å². The Bertz CT molecular complexity index is 219. The summed E-state index contributed by atoms with van der Waals surface area (Å²) in [5.74, 6) is 1.97. The normalized spacial score (nSPS) is 30.9. The Labute approximate surface area is 107 Å². The van der Waals surface area contributed by atoms with Crippen molar-refractivity contribution in [1.82, 2.24) is 0 Å². The highest BCUT2D eigenvalue weighted by Crippen LogP contribution is 2.40. The maximum atomic E-state index is 6.09. The largest absolute Gasteiger partial charge is 0.378 e. The third-order valence-electron chi connectivity index (χ3n) is 4.10. The molecule has 102 valence electrons. The Balaban J connectivity index is 2.55. The average molecular weight is 241 g/mol. The van der Waals surface area contributed by atoms with Gasteiger partial charge in [-0.15, -0.1) is 0 Å². The van der Waals surface area contributed by atoms with Gasteiger partial charge in [-0.25, -0.2) is 0 Å². The highest BCUT2D eigenvalue weighted by molar-refractivity contribution is 4.86. The van der Waals surface area contributed by atoms with Crippen LogP contribution >= 0.6 is 0 Å². The molecule has 1 aliphatic rings. The Morgan fingerprint density at radius 1 is 1.24 bits per heavy atom. The van der Waals surface area contributed by atoms with E-state index in [-0.39, 0.29) is 0 Å². The minimum Gasteiger partial charge on any atom is -0.378 e. The predicted molar refractivity (Wildman–Crippen MR) is 73.9 cm³/mol. The highest BCUT2D eigenvalue weighted by atomic mass is 16.5. The van der Waals surface area contributed by atoms with Crippen LogP contribution in [0.4, 0.5) is 0 Å². The van der Waals surface area contributed by atoms with Gasteiger partial charge in [-0.3, -0.25) is 0 Å². The van der Waals surface area contributed by atoms with E-state index in [0.29, 0.717) is 23.4 Å². The van der Waals surface area contributed by atoms with Crippen molar-refractivity contribution in [3.05, 3.63) is 0 Å². The Morgan fingerprint density at radius 2 is 1.88 bits per heavy atom. The topological polar surface area (TPSA) is 35.2 Å².